The number of halogens is 2. The Labute approximate surface area is 136 Å². The highest BCUT2D eigenvalue weighted by atomic mass is 35.5. The zero-order valence-electron chi connectivity index (χ0n) is 12.1. The summed E-state index contributed by atoms with van der Waals surface area (Å²) in [5.74, 6) is 0. The van der Waals surface area contributed by atoms with Crippen molar-refractivity contribution in [3.05, 3.63) is 28.2 Å². The van der Waals surface area contributed by atoms with Gasteiger partial charge in [0.2, 0.25) is 10.0 Å². The van der Waals surface area contributed by atoms with E-state index in [1.165, 1.54) is 16.4 Å². The SMILES string of the molecule is CC(C)N(C[C@H]1CCCN1)S(=O)(=O)c1ccc(Cl)cc1Cl. The third-order valence-electron chi connectivity index (χ3n) is 3.62. The molecule has 4 nitrogen and oxygen atoms in total. The number of hydrogen-bond acceptors (Lipinski definition) is 3. The molecule has 2 rings (SSSR count). The van der Waals surface area contributed by atoms with Crippen molar-refractivity contribution in [2.24, 2.45) is 0 Å². The number of nitrogens with one attached hydrogen (secondary N) is 1. The average Bonchev–Trinajstić information content (AvgIpc) is 2.87. The van der Waals surface area contributed by atoms with Crippen LogP contribution >= 0.6 is 23.2 Å². The van der Waals surface area contributed by atoms with Crippen LogP contribution in [0.3, 0.4) is 0 Å². The molecule has 1 atom stereocenters. The fourth-order valence-corrected chi connectivity index (χ4v) is 4.96. The Balaban J connectivity index is 2.32. The highest BCUT2D eigenvalue weighted by Crippen LogP contribution is 2.29. The number of nitrogens with zero attached hydrogens (tertiary/aromatic N) is 1. The minimum Gasteiger partial charge on any atom is -0.313 e. The molecule has 1 N–H and O–H groups in total. The second kappa shape index (κ2) is 6.84. The lowest BCUT2D eigenvalue weighted by atomic mass is 10.2. The van der Waals surface area contributed by atoms with Crippen LogP contribution in [0.4, 0.5) is 0 Å². The van der Waals surface area contributed by atoms with Gasteiger partial charge in [0.05, 0.1) is 5.02 Å². The predicted molar refractivity (Wildman–Crippen MR) is 86.5 cm³/mol. The first kappa shape index (κ1) is 17.0. The smallest absolute Gasteiger partial charge is 0.244 e. The van der Waals surface area contributed by atoms with Crippen molar-refractivity contribution in [1.82, 2.24) is 9.62 Å². The molecule has 0 aliphatic carbocycles. The summed E-state index contributed by atoms with van der Waals surface area (Å²) in [7, 11) is -3.63. The van der Waals surface area contributed by atoms with Crippen molar-refractivity contribution >= 4 is 33.2 Å². The zero-order valence-corrected chi connectivity index (χ0v) is 14.5. The van der Waals surface area contributed by atoms with E-state index in [2.05, 4.69) is 5.32 Å². The molecule has 1 aromatic carbocycles. The van der Waals surface area contributed by atoms with Crippen LogP contribution in [0.25, 0.3) is 0 Å². The lowest BCUT2D eigenvalue weighted by Gasteiger charge is -2.29. The Morgan fingerprint density at radius 2 is 2.10 bits per heavy atom. The van der Waals surface area contributed by atoms with Crippen LogP contribution in [0, 0.1) is 0 Å². The van der Waals surface area contributed by atoms with Crippen molar-refractivity contribution < 1.29 is 8.42 Å². The molecule has 118 valence electrons. The molecule has 1 saturated heterocycles. The average molecular weight is 351 g/mol. The molecule has 1 heterocycles. The van der Waals surface area contributed by atoms with Crippen LogP contribution in [0.2, 0.25) is 10.0 Å². The molecule has 0 saturated carbocycles. The minimum atomic E-state index is -3.63. The summed E-state index contributed by atoms with van der Waals surface area (Å²) in [5.41, 5.74) is 0. The Bertz CT molecular complexity index is 599. The van der Waals surface area contributed by atoms with Gasteiger partial charge in [0.25, 0.3) is 0 Å². The first-order chi connectivity index (χ1) is 9.82. The van der Waals surface area contributed by atoms with Crippen LogP contribution < -0.4 is 5.32 Å². The summed E-state index contributed by atoms with van der Waals surface area (Å²) in [4.78, 5) is 0.111. The minimum absolute atomic E-state index is 0.111. The lowest BCUT2D eigenvalue weighted by molar-refractivity contribution is 0.322. The van der Waals surface area contributed by atoms with Gasteiger partial charge in [0.15, 0.2) is 0 Å². The molecule has 0 bridgehead atoms. The number of rotatable bonds is 5. The topological polar surface area (TPSA) is 49.4 Å². The predicted octanol–water partition coefficient (Wildman–Crippen LogP) is 3.14. The molecule has 0 aromatic heterocycles. The zero-order chi connectivity index (χ0) is 15.6. The molecule has 1 aliphatic heterocycles. The summed E-state index contributed by atoms with van der Waals surface area (Å²) in [6, 6.07) is 4.55. The Kier molecular flexibility index (Phi) is 5.54. The van der Waals surface area contributed by atoms with Gasteiger partial charge in [-0.15, -0.1) is 0 Å². The summed E-state index contributed by atoms with van der Waals surface area (Å²) >= 11 is 11.9. The Hall–Kier alpha value is -0.330. The normalized spacial score (nSPS) is 19.6. The van der Waals surface area contributed by atoms with E-state index in [4.69, 9.17) is 23.2 Å². The van der Waals surface area contributed by atoms with Crippen LogP contribution in [0.1, 0.15) is 26.7 Å². The van der Waals surface area contributed by atoms with E-state index >= 15 is 0 Å². The second-order valence-corrected chi connectivity index (χ2v) is 8.24. The maximum Gasteiger partial charge on any atom is 0.244 e. The van der Waals surface area contributed by atoms with Crippen LogP contribution in [0.5, 0.6) is 0 Å². The molecule has 1 fully saturated rings. The maximum absolute atomic E-state index is 12.9. The highest BCUT2D eigenvalue weighted by molar-refractivity contribution is 7.89. The first-order valence-corrected chi connectivity index (χ1v) is 9.22. The van der Waals surface area contributed by atoms with Gasteiger partial charge >= 0.3 is 0 Å². The van der Waals surface area contributed by atoms with E-state index in [1.54, 1.807) is 6.07 Å². The largest absolute Gasteiger partial charge is 0.313 e. The number of benzene rings is 1. The number of sulfonamides is 1. The van der Waals surface area contributed by atoms with Crippen LogP contribution in [0.15, 0.2) is 23.1 Å². The molecule has 0 radical (unpaired) electrons. The molecule has 0 spiro atoms. The molecule has 1 aromatic rings. The van der Waals surface area contributed by atoms with Crippen molar-refractivity contribution in [2.45, 2.75) is 43.7 Å². The van der Waals surface area contributed by atoms with Gasteiger partial charge in [-0.3, -0.25) is 0 Å². The van der Waals surface area contributed by atoms with E-state index in [-0.39, 0.29) is 22.0 Å². The van der Waals surface area contributed by atoms with Gasteiger partial charge in [0.1, 0.15) is 4.90 Å². The van der Waals surface area contributed by atoms with Gasteiger partial charge in [-0.05, 0) is 51.4 Å². The highest BCUT2D eigenvalue weighted by Gasteiger charge is 2.31. The van der Waals surface area contributed by atoms with Gasteiger partial charge in [-0.1, -0.05) is 23.2 Å². The quantitative estimate of drug-likeness (QED) is 0.887. The van der Waals surface area contributed by atoms with Crippen LogP contribution in [-0.4, -0.2) is 37.9 Å². The third-order valence-corrected chi connectivity index (χ3v) is 6.38. The first-order valence-electron chi connectivity index (χ1n) is 7.02. The number of hydrogen-bond donors (Lipinski definition) is 1. The van der Waals surface area contributed by atoms with Crippen molar-refractivity contribution in [2.75, 3.05) is 13.1 Å². The molecule has 0 unspecified atom stereocenters. The molecule has 0 amide bonds. The fraction of sp³-hybridized carbons (Fsp3) is 0.571. The van der Waals surface area contributed by atoms with E-state index < -0.39 is 10.0 Å². The van der Waals surface area contributed by atoms with Gasteiger partial charge in [0, 0.05) is 23.7 Å². The van der Waals surface area contributed by atoms with E-state index in [1.807, 2.05) is 13.8 Å². The van der Waals surface area contributed by atoms with Crippen LogP contribution in [-0.2, 0) is 10.0 Å². The summed E-state index contributed by atoms with van der Waals surface area (Å²) in [6.45, 7) is 5.14. The molecule has 7 heteroatoms. The van der Waals surface area contributed by atoms with Crippen molar-refractivity contribution in [3.8, 4) is 0 Å². The molecular weight excluding hydrogens is 331 g/mol. The van der Waals surface area contributed by atoms with Gasteiger partial charge < -0.3 is 5.32 Å². The summed E-state index contributed by atoms with van der Waals surface area (Å²) in [5, 5.41) is 3.91. The van der Waals surface area contributed by atoms with Crippen molar-refractivity contribution in [3.63, 3.8) is 0 Å². The summed E-state index contributed by atoms with van der Waals surface area (Å²) in [6.07, 6.45) is 2.07. The van der Waals surface area contributed by atoms with Gasteiger partial charge in [-0.25, -0.2) is 8.42 Å². The Morgan fingerprint density at radius 3 is 2.62 bits per heavy atom. The van der Waals surface area contributed by atoms with E-state index in [0.29, 0.717) is 11.6 Å². The van der Waals surface area contributed by atoms with Gasteiger partial charge in [-0.2, -0.15) is 4.31 Å². The maximum atomic E-state index is 12.9. The van der Waals surface area contributed by atoms with Crippen molar-refractivity contribution in [1.29, 1.82) is 0 Å². The fourth-order valence-electron chi connectivity index (χ4n) is 2.53. The lowest BCUT2D eigenvalue weighted by Crippen LogP contribution is -2.44. The third kappa shape index (κ3) is 3.90. The molecule has 21 heavy (non-hydrogen) atoms. The molecule has 1 aliphatic rings. The molecular formula is C14H20Cl2N2O2S. The van der Waals surface area contributed by atoms with E-state index in [9.17, 15) is 8.42 Å². The second-order valence-electron chi connectivity index (χ2n) is 5.54. The summed E-state index contributed by atoms with van der Waals surface area (Å²) < 4.78 is 27.2. The standard InChI is InChI=1S/C14H20Cl2N2O2S/c1-10(2)18(9-12-4-3-7-17-12)21(19,20)14-6-5-11(15)8-13(14)16/h5-6,8,10,12,17H,3-4,7,9H2,1-2H3/t12-/m1/s1. The Morgan fingerprint density at radius 1 is 1.38 bits per heavy atom. The van der Waals surface area contributed by atoms with E-state index in [0.717, 1.165) is 19.4 Å². The monoisotopic (exact) mass is 350 g/mol.